The van der Waals surface area contributed by atoms with E-state index in [4.69, 9.17) is 0 Å². The van der Waals surface area contributed by atoms with E-state index in [0.717, 1.165) is 31.2 Å². The molecule has 0 spiro atoms. The average Bonchev–Trinajstić information content (AvgIpc) is 2.76. The fourth-order valence-corrected chi connectivity index (χ4v) is 5.34. The molecule has 30 heavy (non-hydrogen) atoms. The van der Waals surface area contributed by atoms with E-state index in [2.05, 4.69) is 19.2 Å². The molecule has 0 saturated carbocycles. The molecule has 2 aromatic rings. The molecular weight excluding hydrogens is 396 g/mol. The van der Waals surface area contributed by atoms with Crippen LogP contribution in [0.5, 0.6) is 0 Å². The highest BCUT2D eigenvalue weighted by molar-refractivity contribution is 7.97. The van der Waals surface area contributed by atoms with Gasteiger partial charge in [-0.1, -0.05) is 81.6 Å². The van der Waals surface area contributed by atoms with Gasteiger partial charge in [0.05, 0.1) is 5.69 Å². The van der Waals surface area contributed by atoms with Crippen molar-refractivity contribution in [2.24, 2.45) is 5.92 Å². The molecule has 0 radical (unpaired) electrons. The number of unbranched alkanes of at least 4 members (excludes halogenated alkanes) is 1. The fraction of sp³-hybridized carbons (Fsp3) is 0.375. The second kappa shape index (κ2) is 9.47. The smallest absolute Gasteiger partial charge is 0.270 e. The maximum Gasteiger partial charge on any atom is 0.270 e. The highest BCUT2D eigenvalue weighted by Crippen LogP contribution is 2.41. The normalized spacial score (nSPS) is 16.2. The molecule has 1 amide bonds. The number of hydrogen-bond acceptors (Lipinski definition) is 3. The van der Waals surface area contributed by atoms with Crippen molar-refractivity contribution in [3.8, 4) is 0 Å². The Bertz CT molecular complexity index is 1030. The molecule has 160 valence electrons. The zero-order valence-electron chi connectivity index (χ0n) is 17.9. The van der Waals surface area contributed by atoms with E-state index in [0.29, 0.717) is 29.3 Å². The molecule has 0 unspecified atom stereocenters. The summed E-state index contributed by atoms with van der Waals surface area (Å²) in [5, 5.41) is 2.92. The summed E-state index contributed by atoms with van der Waals surface area (Å²) in [6.45, 7) is 4.72. The molecule has 1 atom stereocenters. The molecule has 6 heteroatoms. The third-order valence-electron chi connectivity index (χ3n) is 5.72. The number of para-hydroxylation sites is 1. The van der Waals surface area contributed by atoms with Gasteiger partial charge in [-0.2, -0.15) is 0 Å². The molecule has 3 rings (SSSR count). The summed E-state index contributed by atoms with van der Waals surface area (Å²) >= 11 is 0. The lowest BCUT2D eigenvalue weighted by molar-refractivity contribution is -0.117. The Labute approximate surface area is 179 Å². The number of anilines is 1. The number of carbonyl (C=O) groups excluding carboxylic acids is 1. The van der Waals surface area contributed by atoms with Crippen molar-refractivity contribution < 1.29 is 13.2 Å². The molecule has 0 bridgehead atoms. The topological polar surface area (TPSA) is 66.5 Å². The summed E-state index contributed by atoms with van der Waals surface area (Å²) < 4.78 is 28.0. The number of amides is 1. The highest BCUT2D eigenvalue weighted by atomic mass is 32.2. The number of fused-ring (bicyclic) bond motifs is 1. The van der Waals surface area contributed by atoms with Crippen molar-refractivity contribution in [1.82, 2.24) is 5.32 Å². The lowest BCUT2D eigenvalue weighted by atomic mass is 9.95. The van der Waals surface area contributed by atoms with Crippen molar-refractivity contribution >= 4 is 27.2 Å². The SMILES string of the molecule is CCCC[C@@H](CC)CNC(=O)C1=C(c2ccccc2)c2ccccc2N(C)S1(=O)=O. The van der Waals surface area contributed by atoms with Gasteiger partial charge in [0, 0.05) is 24.7 Å². The van der Waals surface area contributed by atoms with Gasteiger partial charge in [0.2, 0.25) is 0 Å². The van der Waals surface area contributed by atoms with Gasteiger partial charge >= 0.3 is 0 Å². The molecule has 1 aliphatic heterocycles. The number of carbonyl (C=O) groups is 1. The molecule has 0 fully saturated rings. The van der Waals surface area contributed by atoms with Gasteiger partial charge in [-0.15, -0.1) is 0 Å². The number of nitrogens with one attached hydrogen (secondary N) is 1. The van der Waals surface area contributed by atoms with Gasteiger partial charge < -0.3 is 5.32 Å². The van der Waals surface area contributed by atoms with Crippen molar-refractivity contribution in [2.45, 2.75) is 39.5 Å². The summed E-state index contributed by atoms with van der Waals surface area (Å²) in [6.07, 6.45) is 4.16. The van der Waals surface area contributed by atoms with E-state index in [9.17, 15) is 13.2 Å². The van der Waals surface area contributed by atoms with Gasteiger partial charge in [-0.05, 0) is 24.0 Å². The predicted molar refractivity (Wildman–Crippen MR) is 123 cm³/mol. The van der Waals surface area contributed by atoms with Crippen molar-refractivity contribution in [3.05, 3.63) is 70.6 Å². The summed E-state index contributed by atoms with van der Waals surface area (Å²) in [5.41, 5.74) is 2.49. The zero-order chi connectivity index (χ0) is 21.7. The lowest BCUT2D eigenvalue weighted by Crippen LogP contribution is -2.40. The minimum Gasteiger partial charge on any atom is -0.351 e. The number of benzene rings is 2. The summed E-state index contributed by atoms with van der Waals surface area (Å²) in [7, 11) is -2.48. The Morgan fingerprint density at radius 2 is 1.70 bits per heavy atom. The molecule has 5 nitrogen and oxygen atoms in total. The first kappa shape index (κ1) is 22.1. The Hall–Kier alpha value is -2.60. The van der Waals surface area contributed by atoms with Crippen molar-refractivity contribution in [2.75, 3.05) is 17.9 Å². The number of nitrogens with zero attached hydrogens (tertiary/aromatic N) is 1. The van der Waals surface area contributed by atoms with Crippen LogP contribution in [-0.2, 0) is 14.8 Å². The first-order chi connectivity index (χ1) is 14.4. The third kappa shape index (κ3) is 4.29. The number of sulfonamides is 1. The van der Waals surface area contributed by atoms with E-state index < -0.39 is 15.9 Å². The van der Waals surface area contributed by atoms with Gasteiger partial charge in [-0.3, -0.25) is 9.10 Å². The highest BCUT2D eigenvalue weighted by Gasteiger charge is 2.39. The zero-order valence-corrected chi connectivity index (χ0v) is 18.7. The minimum atomic E-state index is -3.98. The number of rotatable bonds is 8. The average molecular weight is 427 g/mol. The van der Waals surface area contributed by atoms with Crippen LogP contribution in [0.2, 0.25) is 0 Å². The second-order valence-corrected chi connectivity index (χ2v) is 9.59. The molecule has 0 saturated heterocycles. The maximum absolute atomic E-state index is 13.4. The fourth-order valence-electron chi connectivity index (χ4n) is 3.86. The molecule has 1 aliphatic rings. The quantitative estimate of drug-likeness (QED) is 0.673. The number of hydrogen-bond donors (Lipinski definition) is 1. The van der Waals surface area contributed by atoms with Crippen LogP contribution in [0, 0.1) is 5.92 Å². The largest absolute Gasteiger partial charge is 0.351 e. The molecule has 1 N–H and O–H groups in total. The van der Waals surface area contributed by atoms with Gasteiger partial charge in [-0.25, -0.2) is 8.42 Å². The standard InChI is InChI=1S/C24H30N2O3S/c1-4-6-12-18(5-2)17-25-24(27)23-22(19-13-8-7-9-14-19)20-15-10-11-16-21(20)26(3)30(23,28)29/h7-11,13-16,18H,4-6,12,17H2,1-3H3,(H,25,27)/t18-/m1/s1. The second-order valence-electron chi connectivity index (χ2n) is 7.69. The third-order valence-corrected chi connectivity index (χ3v) is 7.54. The molecule has 2 aromatic carbocycles. The van der Waals surface area contributed by atoms with Crippen LogP contribution in [0.1, 0.15) is 50.7 Å². The van der Waals surface area contributed by atoms with Crippen LogP contribution in [0.3, 0.4) is 0 Å². The van der Waals surface area contributed by atoms with Crippen LogP contribution in [-0.4, -0.2) is 27.9 Å². The summed E-state index contributed by atoms with van der Waals surface area (Å²) in [4.78, 5) is 13.1. The predicted octanol–water partition coefficient (Wildman–Crippen LogP) is 4.56. The van der Waals surface area contributed by atoms with E-state index in [1.165, 1.54) is 11.4 Å². The first-order valence-corrected chi connectivity index (χ1v) is 12.0. The summed E-state index contributed by atoms with van der Waals surface area (Å²) in [6, 6.07) is 16.6. The Kier molecular flexibility index (Phi) is 6.98. The molecule has 0 aromatic heterocycles. The monoisotopic (exact) mass is 426 g/mol. The molecular formula is C24H30N2O3S. The van der Waals surface area contributed by atoms with Gasteiger partial charge in [0.25, 0.3) is 15.9 Å². The Morgan fingerprint density at radius 1 is 1.03 bits per heavy atom. The van der Waals surface area contributed by atoms with E-state index in [-0.39, 0.29) is 4.91 Å². The summed E-state index contributed by atoms with van der Waals surface area (Å²) in [5.74, 6) is -0.198. The Balaban J connectivity index is 2.09. The van der Waals surface area contributed by atoms with E-state index in [1.54, 1.807) is 12.1 Å². The van der Waals surface area contributed by atoms with Crippen LogP contribution < -0.4 is 9.62 Å². The van der Waals surface area contributed by atoms with Crippen LogP contribution in [0.15, 0.2) is 59.5 Å². The van der Waals surface area contributed by atoms with Crippen molar-refractivity contribution in [3.63, 3.8) is 0 Å². The van der Waals surface area contributed by atoms with Crippen LogP contribution in [0.4, 0.5) is 5.69 Å². The van der Waals surface area contributed by atoms with E-state index in [1.807, 2.05) is 42.5 Å². The maximum atomic E-state index is 13.4. The van der Waals surface area contributed by atoms with Crippen molar-refractivity contribution in [1.29, 1.82) is 0 Å². The minimum absolute atomic E-state index is 0.180. The lowest BCUT2D eigenvalue weighted by Gasteiger charge is -2.31. The van der Waals surface area contributed by atoms with Gasteiger partial charge in [0.15, 0.2) is 4.91 Å². The Morgan fingerprint density at radius 3 is 2.37 bits per heavy atom. The molecule has 1 heterocycles. The van der Waals surface area contributed by atoms with Crippen LogP contribution >= 0.6 is 0 Å². The first-order valence-electron chi connectivity index (χ1n) is 10.6. The van der Waals surface area contributed by atoms with Gasteiger partial charge in [0.1, 0.15) is 0 Å². The molecule has 0 aliphatic carbocycles. The van der Waals surface area contributed by atoms with Crippen LogP contribution in [0.25, 0.3) is 5.57 Å². The van der Waals surface area contributed by atoms with E-state index >= 15 is 0 Å².